The number of sulfone groups is 1. The second kappa shape index (κ2) is 6.43. The standard InChI is InChI=1S/C14H19FN2O3S/c1-2-16-13-11(6-3-7-12(13)15)14(18)17-10-5-4-8-21(19,20)9-10/h3,6-7,10,16H,2,4-5,8-9H2,1H3,(H,17,18). The summed E-state index contributed by atoms with van der Waals surface area (Å²) in [6.07, 6.45) is 1.16. The molecule has 2 rings (SSSR count). The molecule has 21 heavy (non-hydrogen) atoms. The lowest BCUT2D eigenvalue weighted by Crippen LogP contribution is -2.43. The molecule has 0 saturated carbocycles. The molecule has 1 aliphatic heterocycles. The number of hydrogen-bond donors (Lipinski definition) is 2. The van der Waals surface area contributed by atoms with Crippen molar-refractivity contribution in [3.63, 3.8) is 0 Å². The topological polar surface area (TPSA) is 75.3 Å². The summed E-state index contributed by atoms with van der Waals surface area (Å²) in [5.41, 5.74) is 0.344. The number of carbonyl (C=O) groups excluding carboxylic acids is 1. The predicted molar refractivity (Wildman–Crippen MR) is 79.7 cm³/mol. The molecule has 1 unspecified atom stereocenters. The average Bonchev–Trinajstić information content (AvgIpc) is 2.40. The maximum atomic E-state index is 13.8. The van der Waals surface area contributed by atoms with Gasteiger partial charge in [0.15, 0.2) is 9.84 Å². The van der Waals surface area contributed by atoms with Gasteiger partial charge in [-0.1, -0.05) is 6.07 Å². The van der Waals surface area contributed by atoms with Crippen LogP contribution in [0.5, 0.6) is 0 Å². The van der Waals surface area contributed by atoms with Crippen molar-refractivity contribution < 1.29 is 17.6 Å². The number of nitrogens with one attached hydrogen (secondary N) is 2. The Morgan fingerprint density at radius 2 is 2.19 bits per heavy atom. The smallest absolute Gasteiger partial charge is 0.253 e. The molecule has 0 bridgehead atoms. The van der Waals surface area contributed by atoms with Gasteiger partial charge in [-0.2, -0.15) is 0 Å². The Hall–Kier alpha value is -1.63. The Bertz CT molecular complexity index is 631. The first-order valence-corrected chi connectivity index (χ1v) is 8.79. The average molecular weight is 314 g/mol. The number of carbonyl (C=O) groups is 1. The molecule has 1 saturated heterocycles. The Balaban J connectivity index is 2.15. The Kier molecular flexibility index (Phi) is 4.82. The first kappa shape index (κ1) is 15.8. The van der Waals surface area contributed by atoms with Crippen LogP contribution in [0.15, 0.2) is 18.2 Å². The highest BCUT2D eigenvalue weighted by molar-refractivity contribution is 7.91. The van der Waals surface area contributed by atoms with Crippen LogP contribution in [0, 0.1) is 5.82 Å². The minimum absolute atomic E-state index is 0.0510. The Labute approximate surface area is 123 Å². The number of hydrogen-bond acceptors (Lipinski definition) is 4. The number of amides is 1. The zero-order valence-corrected chi connectivity index (χ0v) is 12.7. The van der Waals surface area contributed by atoms with Gasteiger partial charge in [-0.05, 0) is 31.9 Å². The van der Waals surface area contributed by atoms with Gasteiger partial charge in [0.2, 0.25) is 0 Å². The van der Waals surface area contributed by atoms with Crippen LogP contribution >= 0.6 is 0 Å². The quantitative estimate of drug-likeness (QED) is 0.884. The lowest BCUT2D eigenvalue weighted by atomic mass is 10.1. The van der Waals surface area contributed by atoms with Crippen LogP contribution in [0.25, 0.3) is 0 Å². The third kappa shape index (κ3) is 3.93. The molecule has 7 heteroatoms. The molecule has 5 nitrogen and oxygen atoms in total. The van der Waals surface area contributed by atoms with Crippen molar-refractivity contribution in [3.8, 4) is 0 Å². The summed E-state index contributed by atoms with van der Waals surface area (Å²) < 4.78 is 36.9. The maximum absolute atomic E-state index is 13.8. The second-order valence-corrected chi connectivity index (χ2v) is 7.35. The largest absolute Gasteiger partial charge is 0.382 e. The van der Waals surface area contributed by atoms with Crippen LogP contribution in [-0.2, 0) is 9.84 Å². The van der Waals surface area contributed by atoms with E-state index in [4.69, 9.17) is 0 Å². The minimum atomic E-state index is -3.09. The second-order valence-electron chi connectivity index (χ2n) is 5.12. The van der Waals surface area contributed by atoms with E-state index in [9.17, 15) is 17.6 Å². The first-order chi connectivity index (χ1) is 9.93. The zero-order chi connectivity index (χ0) is 15.5. The highest BCUT2D eigenvalue weighted by Gasteiger charge is 2.27. The molecule has 0 aromatic heterocycles. The van der Waals surface area contributed by atoms with Crippen molar-refractivity contribution in [1.82, 2.24) is 5.32 Å². The van der Waals surface area contributed by atoms with E-state index in [0.717, 1.165) is 0 Å². The van der Waals surface area contributed by atoms with Crippen LogP contribution in [0.1, 0.15) is 30.1 Å². The van der Waals surface area contributed by atoms with Crippen molar-refractivity contribution in [3.05, 3.63) is 29.6 Å². The lowest BCUT2D eigenvalue weighted by molar-refractivity contribution is 0.0938. The SMILES string of the molecule is CCNc1c(F)cccc1C(=O)NC1CCCS(=O)(=O)C1. The molecule has 0 aliphatic carbocycles. The summed E-state index contributed by atoms with van der Waals surface area (Å²) in [5.74, 6) is -0.833. The fraction of sp³-hybridized carbons (Fsp3) is 0.500. The van der Waals surface area contributed by atoms with Crippen molar-refractivity contribution >= 4 is 21.4 Å². The van der Waals surface area contributed by atoms with E-state index >= 15 is 0 Å². The van der Waals surface area contributed by atoms with E-state index in [1.54, 1.807) is 0 Å². The molecule has 1 heterocycles. The molecule has 1 amide bonds. The van der Waals surface area contributed by atoms with Crippen LogP contribution in [0.2, 0.25) is 0 Å². The summed E-state index contributed by atoms with van der Waals surface area (Å²) in [5, 5.41) is 5.52. The molecular formula is C14H19FN2O3S. The normalized spacial score (nSPS) is 20.8. The van der Waals surface area contributed by atoms with Gasteiger partial charge in [-0.15, -0.1) is 0 Å². The van der Waals surface area contributed by atoms with E-state index in [0.29, 0.717) is 19.4 Å². The van der Waals surface area contributed by atoms with Gasteiger partial charge in [0.1, 0.15) is 5.82 Å². The molecule has 1 aromatic rings. The van der Waals surface area contributed by atoms with E-state index in [1.807, 2.05) is 6.92 Å². The molecule has 1 aliphatic rings. The fourth-order valence-electron chi connectivity index (χ4n) is 2.47. The maximum Gasteiger partial charge on any atom is 0.253 e. The van der Waals surface area contributed by atoms with Crippen LogP contribution in [0.3, 0.4) is 0 Å². The molecule has 0 radical (unpaired) electrons. The molecule has 0 spiro atoms. The number of rotatable bonds is 4. The van der Waals surface area contributed by atoms with E-state index in [1.165, 1.54) is 18.2 Å². The summed E-state index contributed by atoms with van der Waals surface area (Å²) in [6.45, 7) is 2.29. The Morgan fingerprint density at radius 3 is 2.86 bits per heavy atom. The van der Waals surface area contributed by atoms with Gasteiger partial charge in [-0.25, -0.2) is 12.8 Å². The van der Waals surface area contributed by atoms with Crippen LogP contribution in [-0.4, -0.2) is 38.4 Å². The van der Waals surface area contributed by atoms with Crippen molar-refractivity contribution in [1.29, 1.82) is 0 Å². The zero-order valence-electron chi connectivity index (χ0n) is 11.9. The lowest BCUT2D eigenvalue weighted by Gasteiger charge is -2.23. The Morgan fingerprint density at radius 1 is 1.43 bits per heavy atom. The molecular weight excluding hydrogens is 295 g/mol. The highest BCUT2D eigenvalue weighted by Crippen LogP contribution is 2.20. The van der Waals surface area contributed by atoms with Gasteiger partial charge < -0.3 is 10.6 Å². The van der Waals surface area contributed by atoms with E-state index in [-0.39, 0.29) is 22.8 Å². The minimum Gasteiger partial charge on any atom is -0.382 e. The number of anilines is 1. The predicted octanol–water partition coefficient (Wildman–Crippen LogP) is 1.56. The first-order valence-electron chi connectivity index (χ1n) is 6.96. The number of benzene rings is 1. The third-order valence-corrected chi connectivity index (χ3v) is 5.23. The molecule has 1 fully saturated rings. The fourth-order valence-corrected chi connectivity index (χ4v) is 4.11. The molecule has 116 valence electrons. The summed E-state index contributed by atoms with van der Waals surface area (Å²) >= 11 is 0. The monoisotopic (exact) mass is 314 g/mol. The van der Waals surface area contributed by atoms with E-state index < -0.39 is 27.6 Å². The van der Waals surface area contributed by atoms with Gasteiger partial charge in [0.05, 0.1) is 22.8 Å². The van der Waals surface area contributed by atoms with Crippen LogP contribution < -0.4 is 10.6 Å². The van der Waals surface area contributed by atoms with Crippen molar-refractivity contribution in [2.75, 3.05) is 23.4 Å². The van der Waals surface area contributed by atoms with Gasteiger partial charge in [0.25, 0.3) is 5.91 Å². The highest BCUT2D eigenvalue weighted by atomic mass is 32.2. The van der Waals surface area contributed by atoms with Gasteiger partial charge >= 0.3 is 0 Å². The third-order valence-electron chi connectivity index (χ3n) is 3.41. The summed E-state index contributed by atoms with van der Waals surface area (Å²) in [6, 6.07) is 3.85. The van der Waals surface area contributed by atoms with E-state index in [2.05, 4.69) is 10.6 Å². The van der Waals surface area contributed by atoms with Crippen molar-refractivity contribution in [2.45, 2.75) is 25.8 Å². The summed E-state index contributed by atoms with van der Waals surface area (Å²) in [4.78, 5) is 12.3. The van der Waals surface area contributed by atoms with Crippen LogP contribution in [0.4, 0.5) is 10.1 Å². The molecule has 1 aromatic carbocycles. The molecule has 2 N–H and O–H groups in total. The number of para-hydroxylation sites is 1. The van der Waals surface area contributed by atoms with Gasteiger partial charge in [0, 0.05) is 12.6 Å². The van der Waals surface area contributed by atoms with Gasteiger partial charge in [-0.3, -0.25) is 4.79 Å². The van der Waals surface area contributed by atoms with Crippen molar-refractivity contribution in [2.24, 2.45) is 0 Å². The summed E-state index contributed by atoms with van der Waals surface area (Å²) in [7, 11) is -3.09. The number of halogens is 1. The molecule has 1 atom stereocenters.